The number of carbonyl (C=O) groups is 2. The molecule has 0 radical (unpaired) electrons. The maximum atomic E-state index is 14.0. The van der Waals surface area contributed by atoms with Gasteiger partial charge < -0.3 is 14.5 Å². The first-order chi connectivity index (χ1) is 11.2. The maximum absolute atomic E-state index is 14.0. The number of carbonyl (C=O) groups excluding carboxylic acids is 2. The lowest BCUT2D eigenvalue weighted by molar-refractivity contribution is 0.0222. The van der Waals surface area contributed by atoms with E-state index in [-0.39, 0.29) is 25.5 Å². The van der Waals surface area contributed by atoms with E-state index in [0.717, 1.165) is 5.69 Å². The molecule has 0 spiro atoms. The van der Waals surface area contributed by atoms with Gasteiger partial charge in [-0.3, -0.25) is 9.48 Å². The second-order valence-electron chi connectivity index (χ2n) is 7.39. The molecule has 1 unspecified atom stereocenters. The number of alkyl halides is 1. The molecule has 0 N–H and O–H groups in total. The lowest BCUT2D eigenvalue weighted by Crippen LogP contribution is -2.40. The third-order valence-electron chi connectivity index (χ3n) is 4.15. The summed E-state index contributed by atoms with van der Waals surface area (Å²) in [4.78, 5) is 27.8. The Balaban J connectivity index is 1.89. The zero-order valence-corrected chi connectivity index (χ0v) is 14.5. The summed E-state index contributed by atoms with van der Waals surface area (Å²) in [6.45, 7) is 6.28. The Morgan fingerprint density at radius 1 is 1.33 bits per heavy atom. The SMILES string of the molecule is CN1CC(F)Cn2nc3c(c2C1=O)CN(C(=O)OC(C)(C)C)CC3. The normalized spacial score (nSPS) is 21.2. The largest absolute Gasteiger partial charge is 0.444 e. The maximum Gasteiger partial charge on any atom is 0.410 e. The van der Waals surface area contributed by atoms with E-state index < -0.39 is 17.9 Å². The smallest absolute Gasteiger partial charge is 0.410 e. The van der Waals surface area contributed by atoms with Gasteiger partial charge in [0.1, 0.15) is 17.5 Å². The molecule has 0 saturated carbocycles. The van der Waals surface area contributed by atoms with Crippen LogP contribution in [-0.4, -0.2) is 63.5 Å². The second kappa shape index (κ2) is 5.75. The predicted molar refractivity (Wildman–Crippen MR) is 84.4 cm³/mol. The van der Waals surface area contributed by atoms with Crippen molar-refractivity contribution in [2.24, 2.45) is 0 Å². The summed E-state index contributed by atoms with van der Waals surface area (Å²) >= 11 is 0. The highest BCUT2D eigenvalue weighted by molar-refractivity contribution is 5.94. The zero-order valence-electron chi connectivity index (χ0n) is 14.5. The molecular formula is C16H23FN4O3. The van der Waals surface area contributed by atoms with Crippen molar-refractivity contribution >= 4 is 12.0 Å². The monoisotopic (exact) mass is 338 g/mol. The fourth-order valence-electron chi connectivity index (χ4n) is 3.09. The van der Waals surface area contributed by atoms with Gasteiger partial charge in [-0.1, -0.05) is 0 Å². The van der Waals surface area contributed by atoms with E-state index in [9.17, 15) is 14.0 Å². The van der Waals surface area contributed by atoms with Crippen LogP contribution >= 0.6 is 0 Å². The van der Waals surface area contributed by atoms with E-state index in [4.69, 9.17) is 4.74 Å². The Labute approximate surface area is 140 Å². The van der Waals surface area contributed by atoms with E-state index >= 15 is 0 Å². The molecule has 2 aliphatic heterocycles. The molecule has 0 aromatic carbocycles. The van der Waals surface area contributed by atoms with Crippen LogP contribution in [0.25, 0.3) is 0 Å². The fourth-order valence-corrected chi connectivity index (χ4v) is 3.09. The van der Waals surface area contributed by atoms with Gasteiger partial charge in [-0.2, -0.15) is 5.10 Å². The molecule has 1 atom stereocenters. The number of aromatic nitrogens is 2. The van der Waals surface area contributed by atoms with Crippen molar-refractivity contribution in [3.05, 3.63) is 17.0 Å². The lowest BCUT2D eigenvalue weighted by atomic mass is 10.1. The van der Waals surface area contributed by atoms with Gasteiger partial charge >= 0.3 is 6.09 Å². The van der Waals surface area contributed by atoms with Gasteiger partial charge in [-0.25, -0.2) is 9.18 Å². The van der Waals surface area contributed by atoms with Gasteiger partial charge in [0, 0.05) is 25.6 Å². The summed E-state index contributed by atoms with van der Waals surface area (Å²) in [5.41, 5.74) is 1.28. The Bertz CT molecular complexity index is 680. The number of halogens is 1. The van der Waals surface area contributed by atoms with E-state index in [1.165, 1.54) is 9.58 Å². The Hall–Kier alpha value is -2.12. The highest BCUT2D eigenvalue weighted by atomic mass is 19.1. The van der Waals surface area contributed by atoms with Crippen LogP contribution in [0.15, 0.2) is 0 Å². The van der Waals surface area contributed by atoms with Crippen molar-refractivity contribution in [1.82, 2.24) is 19.6 Å². The van der Waals surface area contributed by atoms with Gasteiger partial charge in [0.25, 0.3) is 5.91 Å². The minimum atomic E-state index is -1.15. The molecule has 0 fully saturated rings. The number of ether oxygens (including phenoxy) is 1. The van der Waals surface area contributed by atoms with Crippen molar-refractivity contribution in [3.8, 4) is 0 Å². The van der Waals surface area contributed by atoms with Gasteiger partial charge in [0.05, 0.1) is 25.3 Å². The average molecular weight is 338 g/mol. The standard InChI is InChI=1S/C16H23FN4O3/c1-16(2,3)24-15(23)20-6-5-12-11(9-20)13-14(22)19(4)7-10(17)8-21(13)18-12/h10H,5-9H2,1-4H3. The van der Waals surface area contributed by atoms with E-state index in [1.54, 1.807) is 11.9 Å². The summed E-state index contributed by atoms with van der Waals surface area (Å²) in [6.07, 6.45) is -1.03. The van der Waals surface area contributed by atoms with Crippen LogP contribution in [0.4, 0.5) is 9.18 Å². The first-order valence-corrected chi connectivity index (χ1v) is 8.11. The highest BCUT2D eigenvalue weighted by Gasteiger charge is 2.35. The molecule has 24 heavy (non-hydrogen) atoms. The van der Waals surface area contributed by atoms with E-state index in [2.05, 4.69) is 5.10 Å². The number of rotatable bonds is 0. The third-order valence-corrected chi connectivity index (χ3v) is 4.15. The molecule has 132 valence electrons. The first kappa shape index (κ1) is 16.7. The molecule has 0 bridgehead atoms. The van der Waals surface area contributed by atoms with Crippen LogP contribution < -0.4 is 0 Å². The molecule has 0 saturated heterocycles. The van der Waals surface area contributed by atoms with Crippen LogP contribution in [-0.2, 0) is 24.2 Å². The molecule has 0 aliphatic carbocycles. The van der Waals surface area contributed by atoms with E-state index in [1.807, 2.05) is 20.8 Å². The van der Waals surface area contributed by atoms with Crippen LogP contribution in [0, 0.1) is 0 Å². The average Bonchev–Trinajstić information content (AvgIpc) is 2.75. The third kappa shape index (κ3) is 3.09. The molecule has 2 amide bonds. The minimum Gasteiger partial charge on any atom is -0.444 e. The van der Waals surface area contributed by atoms with Crippen LogP contribution in [0.2, 0.25) is 0 Å². The van der Waals surface area contributed by atoms with Crippen LogP contribution in [0.5, 0.6) is 0 Å². The fraction of sp³-hybridized carbons (Fsp3) is 0.688. The van der Waals surface area contributed by atoms with Gasteiger partial charge in [0.15, 0.2) is 0 Å². The number of hydrogen-bond donors (Lipinski definition) is 0. The Morgan fingerprint density at radius 3 is 2.71 bits per heavy atom. The lowest BCUT2D eigenvalue weighted by Gasteiger charge is -2.30. The minimum absolute atomic E-state index is 0.0484. The summed E-state index contributed by atoms with van der Waals surface area (Å²) in [5, 5.41) is 4.41. The van der Waals surface area contributed by atoms with Crippen molar-refractivity contribution in [1.29, 1.82) is 0 Å². The van der Waals surface area contributed by atoms with Crippen molar-refractivity contribution < 1.29 is 18.7 Å². The molecule has 7 nitrogen and oxygen atoms in total. The number of nitrogens with zero attached hydrogens (tertiary/aromatic N) is 4. The van der Waals surface area contributed by atoms with Crippen molar-refractivity contribution in [2.45, 2.75) is 52.1 Å². The molecule has 1 aromatic rings. The summed E-state index contributed by atoms with van der Waals surface area (Å²) in [6, 6.07) is 0. The molecule has 8 heteroatoms. The molecule has 1 aromatic heterocycles. The topological polar surface area (TPSA) is 67.7 Å². The number of hydrogen-bond acceptors (Lipinski definition) is 4. The van der Waals surface area contributed by atoms with Crippen LogP contribution in [0.3, 0.4) is 0 Å². The molecule has 2 aliphatic rings. The first-order valence-electron chi connectivity index (χ1n) is 8.11. The van der Waals surface area contributed by atoms with Gasteiger partial charge in [0.2, 0.25) is 0 Å². The summed E-state index contributed by atoms with van der Waals surface area (Å²) in [7, 11) is 1.58. The quantitative estimate of drug-likeness (QED) is 0.721. The predicted octanol–water partition coefficient (Wildman–Crippen LogP) is 1.60. The van der Waals surface area contributed by atoms with Gasteiger partial charge in [-0.15, -0.1) is 0 Å². The second-order valence-corrected chi connectivity index (χ2v) is 7.39. The number of amides is 2. The van der Waals surface area contributed by atoms with Gasteiger partial charge in [-0.05, 0) is 20.8 Å². The highest BCUT2D eigenvalue weighted by Crippen LogP contribution is 2.26. The molecular weight excluding hydrogens is 315 g/mol. The number of fused-ring (bicyclic) bond motifs is 3. The molecule has 3 heterocycles. The van der Waals surface area contributed by atoms with E-state index in [0.29, 0.717) is 24.2 Å². The summed E-state index contributed by atoms with van der Waals surface area (Å²) in [5.74, 6) is -0.255. The van der Waals surface area contributed by atoms with Crippen molar-refractivity contribution in [2.75, 3.05) is 20.1 Å². The Kier molecular flexibility index (Phi) is 4.01. The van der Waals surface area contributed by atoms with Crippen LogP contribution in [0.1, 0.15) is 42.5 Å². The zero-order chi connectivity index (χ0) is 17.6. The molecule has 3 rings (SSSR count). The Morgan fingerprint density at radius 2 is 2.04 bits per heavy atom. The summed E-state index contributed by atoms with van der Waals surface area (Å²) < 4.78 is 20.8. The van der Waals surface area contributed by atoms with Crippen molar-refractivity contribution in [3.63, 3.8) is 0 Å².